The Balaban J connectivity index is 0.000000153. The van der Waals surface area contributed by atoms with Crippen molar-refractivity contribution in [2.24, 2.45) is 0 Å². The number of phenols is 1. The monoisotopic (exact) mass is 805 g/mol. The first-order valence-electron chi connectivity index (χ1n) is 19.4. The molecule has 4 aromatic carbocycles. The van der Waals surface area contributed by atoms with Crippen LogP contribution in [0.3, 0.4) is 0 Å². The number of phenolic OH excluding ortho intramolecular Hbond substituents is 1. The van der Waals surface area contributed by atoms with Crippen LogP contribution in [-0.2, 0) is 0 Å². The number of hydrogen-bond donors (Lipinski definition) is 1. The summed E-state index contributed by atoms with van der Waals surface area (Å²) in [6.45, 7) is 7.60. The van der Waals surface area contributed by atoms with Crippen LogP contribution in [0.5, 0.6) is 57.5 Å². The number of rotatable bonds is 5. The summed E-state index contributed by atoms with van der Waals surface area (Å²) in [7, 11) is 2.97. The predicted octanol–water partition coefficient (Wildman–Crippen LogP) is 8.05. The number of benzene rings is 4. The Morgan fingerprint density at radius 1 is 0.678 bits per heavy atom. The van der Waals surface area contributed by atoms with E-state index in [9.17, 15) is 19.1 Å². The van der Waals surface area contributed by atoms with E-state index in [1.165, 1.54) is 20.3 Å². The molecule has 1 N–H and O–H groups in total. The molecule has 0 bridgehead atoms. The number of ketones is 2. The van der Waals surface area contributed by atoms with Crippen molar-refractivity contribution in [1.82, 2.24) is 0 Å². The van der Waals surface area contributed by atoms with Gasteiger partial charge in [-0.05, 0) is 88.4 Å². The van der Waals surface area contributed by atoms with E-state index >= 15 is 0 Å². The van der Waals surface area contributed by atoms with E-state index in [1.54, 1.807) is 30.3 Å². The zero-order chi connectivity index (χ0) is 41.4. The molecule has 4 aromatic rings. The largest absolute Gasteiger partial charge is 0.504 e. The van der Waals surface area contributed by atoms with Crippen LogP contribution in [0.1, 0.15) is 82.5 Å². The summed E-state index contributed by atoms with van der Waals surface area (Å²) in [6, 6.07) is 13.6. The van der Waals surface area contributed by atoms with Crippen LogP contribution in [0, 0.1) is 0 Å². The summed E-state index contributed by atoms with van der Waals surface area (Å²) < 4.78 is 64.9. The lowest BCUT2D eigenvalue weighted by molar-refractivity contribution is 0.0546. The molecule has 0 aromatic heterocycles. The maximum atomic E-state index is 13.6. The van der Waals surface area contributed by atoms with Crippen LogP contribution in [0.4, 0.5) is 4.39 Å². The van der Waals surface area contributed by atoms with Crippen molar-refractivity contribution in [2.45, 2.75) is 62.9 Å². The van der Waals surface area contributed by atoms with Gasteiger partial charge in [0.25, 0.3) is 0 Å². The second kappa shape index (κ2) is 14.2. The van der Waals surface area contributed by atoms with Gasteiger partial charge in [0.2, 0.25) is 0 Å². The number of methoxy groups -OCH3 is 2. The van der Waals surface area contributed by atoms with Gasteiger partial charge in [0.05, 0.1) is 48.3 Å². The fourth-order valence-electron chi connectivity index (χ4n) is 8.34. The zero-order valence-electron chi connectivity index (χ0n) is 33.4. The van der Waals surface area contributed by atoms with Gasteiger partial charge in [-0.15, -0.1) is 0 Å². The molecule has 6 aliphatic heterocycles. The Morgan fingerprint density at radius 3 is 1.66 bits per heavy atom. The highest BCUT2D eigenvalue weighted by Crippen LogP contribution is 2.51. The first-order valence-corrected chi connectivity index (χ1v) is 19.4. The molecular formula is C46H43FO12. The summed E-state index contributed by atoms with van der Waals surface area (Å²) in [6.07, 6.45) is 6.81. The third-order valence-electron chi connectivity index (χ3n) is 11.2. The molecule has 0 unspecified atom stereocenters. The Kier molecular flexibility index (Phi) is 9.17. The van der Waals surface area contributed by atoms with Crippen LogP contribution in [0.25, 0.3) is 12.2 Å². The van der Waals surface area contributed by atoms with Crippen molar-refractivity contribution in [1.29, 1.82) is 0 Å². The van der Waals surface area contributed by atoms with Crippen molar-refractivity contribution in [2.75, 3.05) is 40.7 Å². The van der Waals surface area contributed by atoms with Crippen molar-refractivity contribution in [3.63, 3.8) is 0 Å². The van der Waals surface area contributed by atoms with E-state index in [-0.39, 0.29) is 37.1 Å². The fraction of sp³-hybridized carbons (Fsp3) is 0.348. The molecule has 6 aliphatic rings. The summed E-state index contributed by atoms with van der Waals surface area (Å²) >= 11 is 0. The number of Topliss-reactive ketones (excluding diaryl/α,β-unsaturated/α-hetero) is 2. The van der Waals surface area contributed by atoms with Crippen LogP contribution in [0.15, 0.2) is 60.7 Å². The topological polar surface area (TPSA) is 137 Å². The van der Waals surface area contributed by atoms with Crippen LogP contribution in [0.2, 0.25) is 0 Å². The molecule has 0 saturated heterocycles. The van der Waals surface area contributed by atoms with Gasteiger partial charge in [0.1, 0.15) is 84.4 Å². The number of hydrogen-bond acceptors (Lipinski definition) is 12. The predicted molar refractivity (Wildman–Crippen MR) is 213 cm³/mol. The molecular weight excluding hydrogens is 762 g/mol. The van der Waals surface area contributed by atoms with Gasteiger partial charge in [-0.3, -0.25) is 9.59 Å². The van der Waals surface area contributed by atoms with Gasteiger partial charge in [0.15, 0.2) is 34.6 Å². The molecule has 0 radical (unpaired) electrons. The molecule has 0 fully saturated rings. The number of ether oxygens (including phenoxy) is 9. The van der Waals surface area contributed by atoms with E-state index in [2.05, 4.69) is 0 Å². The van der Waals surface area contributed by atoms with Crippen molar-refractivity contribution in [3.8, 4) is 57.5 Å². The molecule has 0 saturated carbocycles. The molecule has 59 heavy (non-hydrogen) atoms. The molecule has 4 atom stereocenters. The van der Waals surface area contributed by atoms with Crippen molar-refractivity contribution >= 4 is 23.7 Å². The molecule has 12 nitrogen and oxygen atoms in total. The first-order chi connectivity index (χ1) is 28.3. The number of fused-ring (bicyclic) bond motifs is 12. The lowest BCUT2D eigenvalue weighted by atomic mass is 9.81. The minimum Gasteiger partial charge on any atom is -0.504 e. The molecule has 306 valence electrons. The summed E-state index contributed by atoms with van der Waals surface area (Å²) in [5.41, 5.74) is 2.96. The average molecular weight is 806 g/mol. The van der Waals surface area contributed by atoms with Crippen LogP contribution in [-0.4, -0.2) is 80.8 Å². The fourth-order valence-corrected chi connectivity index (χ4v) is 8.34. The highest BCUT2D eigenvalue weighted by Gasteiger charge is 2.46. The second-order valence-corrected chi connectivity index (χ2v) is 16.0. The van der Waals surface area contributed by atoms with Gasteiger partial charge in [-0.25, -0.2) is 4.39 Å². The van der Waals surface area contributed by atoms with Gasteiger partial charge in [-0.2, -0.15) is 0 Å². The number of aromatic hydroxyl groups is 1. The molecule has 0 aliphatic carbocycles. The smallest absolute Gasteiger partial charge is 0.178 e. The normalized spacial score (nSPS) is 22.6. The lowest BCUT2D eigenvalue weighted by Gasteiger charge is -2.38. The summed E-state index contributed by atoms with van der Waals surface area (Å²) in [5.74, 6) is 3.33. The van der Waals surface area contributed by atoms with Crippen LogP contribution >= 0.6 is 0 Å². The molecule has 13 heteroatoms. The molecule has 0 amide bonds. The third-order valence-corrected chi connectivity index (χ3v) is 11.2. The van der Waals surface area contributed by atoms with E-state index < -0.39 is 41.9 Å². The number of carbonyl (C=O) groups excluding carboxylic acids is 2. The van der Waals surface area contributed by atoms with Gasteiger partial charge in [-0.1, -0.05) is 0 Å². The summed E-state index contributed by atoms with van der Waals surface area (Å²) in [4.78, 5) is 27.0. The second-order valence-electron chi connectivity index (χ2n) is 16.0. The SMILES string of the molecule is COc1cc2c(cc1O)[C@@H]1C(=O)c3ccc4c(c3O[C@@H]1CO2)C=CC(C)(C)O4.COc1cc2c(cc1OCC[18F])[C@@H]1C(=O)c3ccc4c(c3O[C@@H]1CO2)C=CC(C)(C)O4. The summed E-state index contributed by atoms with van der Waals surface area (Å²) in [5, 5.41) is 10.2. The third kappa shape index (κ3) is 6.52. The molecule has 0 spiro atoms. The van der Waals surface area contributed by atoms with Crippen LogP contribution < -0.4 is 42.6 Å². The van der Waals surface area contributed by atoms with Gasteiger partial charge in [0, 0.05) is 23.3 Å². The Bertz CT molecular complexity index is 2470. The maximum absolute atomic E-state index is 13.6. The minimum atomic E-state index is -0.629. The standard InChI is InChI=1S/C24H23FO6.C22H20O6/c1-24(2)7-6-13-16(31-24)5-4-14-22(26)21-15-10-19(28-9-8-25)18(27-3)11-17(15)29-12-20(21)30-23(13)14;1-22(2)7-6-11-15(28-22)5-4-12-20(24)19-13-8-14(23)17(25-3)9-16(13)26-10-18(19)27-21(11)12/h4-7,10-11,20-21H,8-9,12H2,1-3H3;4-9,18-19,23H,10H2,1-3H3/t20-,21+;18-,19+/m11/s1/i25-1;. The zero-order valence-corrected chi connectivity index (χ0v) is 33.4. The molecule has 6 heterocycles. The van der Waals surface area contributed by atoms with E-state index in [4.69, 9.17) is 42.6 Å². The molecule has 10 rings (SSSR count). The Labute approximate surface area is 340 Å². The van der Waals surface area contributed by atoms with Gasteiger partial charge < -0.3 is 47.7 Å². The van der Waals surface area contributed by atoms with Crippen molar-refractivity contribution in [3.05, 3.63) is 94.1 Å². The number of carbonyl (C=O) groups is 2. The first kappa shape index (κ1) is 38.2. The quantitative estimate of drug-likeness (QED) is 0.209. The van der Waals surface area contributed by atoms with E-state index in [0.717, 1.165) is 11.1 Å². The Morgan fingerprint density at radius 2 is 1.17 bits per heavy atom. The van der Waals surface area contributed by atoms with E-state index in [0.29, 0.717) is 74.0 Å². The van der Waals surface area contributed by atoms with E-state index in [1.807, 2.05) is 64.1 Å². The number of halogens is 1. The van der Waals surface area contributed by atoms with Gasteiger partial charge >= 0.3 is 0 Å². The highest BCUT2D eigenvalue weighted by atomic mass is 18.2. The van der Waals surface area contributed by atoms with Crippen molar-refractivity contribution < 1.29 is 61.7 Å². The number of alkyl halides is 1. The Hall–Kier alpha value is -6.37. The maximum Gasteiger partial charge on any atom is 0.178 e. The average Bonchev–Trinajstić information content (AvgIpc) is 3.21. The highest BCUT2D eigenvalue weighted by molar-refractivity contribution is 6.07. The minimum absolute atomic E-state index is 0.0342. The lowest BCUT2D eigenvalue weighted by Crippen LogP contribution is -2.43.